The van der Waals surface area contributed by atoms with Crippen molar-refractivity contribution in [2.75, 3.05) is 7.11 Å². The molecule has 110 valence electrons. The summed E-state index contributed by atoms with van der Waals surface area (Å²) in [6.07, 6.45) is 0. The van der Waals surface area contributed by atoms with E-state index in [1.54, 1.807) is 30.3 Å². The van der Waals surface area contributed by atoms with Crippen LogP contribution in [0.4, 0.5) is 0 Å². The van der Waals surface area contributed by atoms with Crippen LogP contribution < -0.4 is 10.2 Å². The fourth-order valence-electron chi connectivity index (χ4n) is 1.82. The monoisotopic (exact) mass is 342 g/mol. The highest BCUT2D eigenvalue weighted by Gasteiger charge is 2.17. The standard InChI is InChI=1S/C14H13BCl2O3S/c1-20-13-5-2-9(6-11(13)15(18)19)8-21-14-7-10(16)3-4-12(14)17/h2-7,18-19H,8H2,1H3. The molecular weight excluding hydrogens is 330 g/mol. The van der Waals surface area contributed by atoms with Crippen LogP contribution in [0, 0.1) is 0 Å². The first kappa shape index (κ1) is 16.5. The number of hydrogen-bond donors (Lipinski definition) is 2. The molecule has 0 aliphatic heterocycles. The highest BCUT2D eigenvalue weighted by atomic mass is 35.5. The Morgan fingerprint density at radius 3 is 2.57 bits per heavy atom. The van der Waals surface area contributed by atoms with Crippen LogP contribution in [0.5, 0.6) is 5.75 Å². The zero-order valence-corrected chi connectivity index (χ0v) is 13.5. The third-order valence-corrected chi connectivity index (χ3v) is 4.66. The summed E-state index contributed by atoms with van der Waals surface area (Å²) in [5.74, 6) is 1.07. The summed E-state index contributed by atoms with van der Waals surface area (Å²) >= 11 is 13.6. The average Bonchev–Trinajstić information content (AvgIpc) is 2.47. The predicted octanol–water partition coefficient (Wildman–Crippen LogP) is 2.97. The van der Waals surface area contributed by atoms with Crippen LogP contribution in [0.25, 0.3) is 0 Å². The summed E-state index contributed by atoms with van der Waals surface area (Å²) in [6.45, 7) is 0. The number of rotatable bonds is 5. The first-order valence-electron chi connectivity index (χ1n) is 6.12. The fraction of sp³-hybridized carbons (Fsp3) is 0.143. The van der Waals surface area contributed by atoms with E-state index in [0.717, 1.165) is 10.5 Å². The van der Waals surface area contributed by atoms with E-state index < -0.39 is 7.12 Å². The second kappa shape index (κ2) is 7.43. The Morgan fingerprint density at radius 1 is 1.14 bits per heavy atom. The maximum Gasteiger partial charge on any atom is 0.492 e. The Kier molecular flexibility index (Phi) is 5.84. The van der Waals surface area contributed by atoms with Gasteiger partial charge in [0.05, 0.1) is 12.1 Å². The minimum Gasteiger partial charge on any atom is -0.497 e. The van der Waals surface area contributed by atoms with E-state index in [-0.39, 0.29) is 0 Å². The van der Waals surface area contributed by atoms with Crippen molar-refractivity contribution < 1.29 is 14.8 Å². The Morgan fingerprint density at radius 2 is 1.90 bits per heavy atom. The normalized spacial score (nSPS) is 10.5. The molecule has 0 spiro atoms. The van der Waals surface area contributed by atoms with Gasteiger partial charge in [0.15, 0.2) is 0 Å². The Balaban J connectivity index is 2.16. The van der Waals surface area contributed by atoms with Gasteiger partial charge in [0.25, 0.3) is 0 Å². The smallest absolute Gasteiger partial charge is 0.492 e. The molecule has 0 unspecified atom stereocenters. The van der Waals surface area contributed by atoms with Crippen molar-refractivity contribution in [3.63, 3.8) is 0 Å². The van der Waals surface area contributed by atoms with Gasteiger partial charge in [-0.1, -0.05) is 35.3 Å². The van der Waals surface area contributed by atoms with Crippen molar-refractivity contribution in [3.05, 3.63) is 52.0 Å². The zero-order chi connectivity index (χ0) is 15.4. The van der Waals surface area contributed by atoms with Gasteiger partial charge in [0.2, 0.25) is 0 Å². The van der Waals surface area contributed by atoms with Crippen LogP contribution in [0.2, 0.25) is 10.0 Å². The minimum absolute atomic E-state index is 0.341. The molecule has 0 amide bonds. The molecule has 0 heterocycles. The summed E-state index contributed by atoms with van der Waals surface area (Å²) in [5.41, 5.74) is 1.27. The molecule has 0 atom stereocenters. The average molecular weight is 343 g/mol. The molecule has 0 aliphatic rings. The molecule has 0 fully saturated rings. The van der Waals surface area contributed by atoms with E-state index in [0.29, 0.717) is 27.0 Å². The number of benzene rings is 2. The van der Waals surface area contributed by atoms with Crippen molar-refractivity contribution in [1.29, 1.82) is 0 Å². The van der Waals surface area contributed by atoms with Crippen molar-refractivity contribution in [2.24, 2.45) is 0 Å². The van der Waals surface area contributed by atoms with Crippen molar-refractivity contribution >= 4 is 47.5 Å². The molecule has 2 aromatic carbocycles. The highest BCUT2D eigenvalue weighted by Crippen LogP contribution is 2.32. The van der Waals surface area contributed by atoms with Crippen molar-refractivity contribution in [2.45, 2.75) is 10.6 Å². The van der Waals surface area contributed by atoms with E-state index in [4.69, 9.17) is 27.9 Å². The maximum absolute atomic E-state index is 9.36. The number of methoxy groups -OCH3 is 1. The van der Waals surface area contributed by atoms with E-state index in [1.165, 1.54) is 18.9 Å². The molecule has 0 bridgehead atoms. The summed E-state index contributed by atoms with van der Waals surface area (Å²) in [5, 5.41) is 20.0. The molecule has 0 radical (unpaired) electrons. The lowest BCUT2D eigenvalue weighted by Gasteiger charge is -2.10. The molecule has 3 nitrogen and oxygen atoms in total. The summed E-state index contributed by atoms with van der Waals surface area (Å²) in [7, 11) is -0.0823. The molecule has 21 heavy (non-hydrogen) atoms. The van der Waals surface area contributed by atoms with Gasteiger partial charge in [-0.2, -0.15) is 0 Å². The lowest BCUT2D eigenvalue weighted by atomic mass is 9.79. The van der Waals surface area contributed by atoms with Crippen LogP contribution in [-0.4, -0.2) is 24.3 Å². The Hall–Kier alpha value is -0.845. The summed E-state index contributed by atoms with van der Waals surface area (Å²) in [6, 6.07) is 10.6. The van der Waals surface area contributed by atoms with Gasteiger partial charge in [0, 0.05) is 21.1 Å². The molecule has 2 rings (SSSR count). The van der Waals surface area contributed by atoms with Gasteiger partial charge in [-0.25, -0.2) is 0 Å². The van der Waals surface area contributed by atoms with Gasteiger partial charge in [0.1, 0.15) is 5.75 Å². The Labute approximate surface area is 138 Å². The zero-order valence-electron chi connectivity index (χ0n) is 11.2. The first-order valence-corrected chi connectivity index (χ1v) is 7.86. The molecule has 0 saturated carbocycles. The molecule has 0 aromatic heterocycles. The second-order valence-electron chi connectivity index (χ2n) is 4.31. The molecule has 0 aliphatic carbocycles. The SMILES string of the molecule is COc1ccc(CSc2cc(Cl)ccc2Cl)cc1B(O)O. The van der Waals surface area contributed by atoms with Gasteiger partial charge < -0.3 is 14.8 Å². The summed E-state index contributed by atoms with van der Waals surface area (Å²) < 4.78 is 5.09. The van der Waals surface area contributed by atoms with Crippen LogP contribution in [0.1, 0.15) is 5.56 Å². The Bertz CT molecular complexity index is 638. The third kappa shape index (κ3) is 4.31. The largest absolute Gasteiger partial charge is 0.497 e. The number of ether oxygens (including phenoxy) is 1. The van der Waals surface area contributed by atoms with E-state index in [9.17, 15) is 10.0 Å². The molecule has 2 aromatic rings. The lowest BCUT2D eigenvalue weighted by molar-refractivity contribution is 0.403. The van der Waals surface area contributed by atoms with Crippen LogP contribution >= 0.6 is 35.0 Å². The minimum atomic E-state index is -1.57. The van der Waals surface area contributed by atoms with Crippen molar-refractivity contribution in [1.82, 2.24) is 0 Å². The third-order valence-electron chi connectivity index (χ3n) is 2.86. The molecule has 7 heteroatoms. The summed E-state index contributed by atoms with van der Waals surface area (Å²) in [4.78, 5) is 0.881. The fourth-order valence-corrected chi connectivity index (χ4v) is 3.26. The van der Waals surface area contributed by atoms with Gasteiger partial charge in [-0.05, 0) is 29.8 Å². The lowest BCUT2D eigenvalue weighted by Crippen LogP contribution is -2.31. The van der Waals surface area contributed by atoms with Crippen LogP contribution in [-0.2, 0) is 5.75 Å². The molecular formula is C14H13BCl2O3S. The highest BCUT2D eigenvalue weighted by molar-refractivity contribution is 7.98. The molecule has 2 N–H and O–H groups in total. The second-order valence-corrected chi connectivity index (χ2v) is 6.17. The van der Waals surface area contributed by atoms with Crippen molar-refractivity contribution in [3.8, 4) is 5.75 Å². The predicted molar refractivity (Wildman–Crippen MR) is 88.8 cm³/mol. The maximum atomic E-state index is 9.36. The van der Waals surface area contributed by atoms with Gasteiger partial charge >= 0.3 is 7.12 Å². The topological polar surface area (TPSA) is 49.7 Å². The van der Waals surface area contributed by atoms with E-state index in [2.05, 4.69) is 0 Å². The van der Waals surface area contributed by atoms with Crippen LogP contribution in [0.3, 0.4) is 0 Å². The quantitative estimate of drug-likeness (QED) is 0.648. The van der Waals surface area contributed by atoms with E-state index >= 15 is 0 Å². The first-order chi connectivity index (χ1) is 10.0. The number of hydrogen-bond acceptors (Lipinski definition) is 4. The van der Waals surface area contributed by atoms with Gasteiger partial charge in [-0.15, -0.1) is 11.8 Å². The van der Waals surface area contributed by atoms with E-state index in [1.807, 2.05) is 6.07 Å². The number of thioether (sulfide) groups is 1. The van der Waals surface area contributed by atoms with Gasteiger partial charge in [-0.3, -0.25) is 0 Å². The molecule has 0 saturated heterocycles. The number of halogens is 2. The van der Waals surface area contributed by atoms with Crippen LogP contribution in [0.15, 0.2) is 41.3 Å².